The van der Waals surface area contributed by atoms with E-state index < -0.39 is 0 Å². The molecule has 0 atom stereocenters. The highest BCUT2D eigenvalue weighted by atomic mass is 32.1. The molecule has 1 aliphatic rings. The second-order valence-electron chi connectivity index (χ2n) is 7.02. The normalized spacial score (nSPS) is 13.9. The molecule has 29 heavy (non-hydrogen) atoms. The van der Waals surface area contributed by atoms with Gasteiger partial charge in [0.05, 0.1) is 10.2 Å². The van der Waals surface area contributed by atoms with Gasteiger partial charge in [-0.05, 0) is 43.2 Å². The Hall–Kier alpha value is -3.19. The first-order valence-electron chi connectivity index (χ1n) is 9.69. The lowest BCUT2D eigenvalue weighted by Crippen LogP contribution is -2.20. The lowest BCUT2D eigenvalue weighted by molar-refractivity contribution is -0.118. The molecule has 4 aromatic rings. The summed E-state index contributed by atoms with van der Waals surface area (Å²) in [6.45, 7) is 1.98. The van der Waals surface area contributed by atoms with Gasteiger partial charge in [-0.15, -0.1) is 0 Å². The van der Waals surface area contributed by atoms with Crippen molar-refractivity contribution in [3.8, 4) is 5.75 Å². The van der Waals surface area contributed by atoms with Gasteiger partial charge in [0.2, 0.25) is 0 Å². The van der Waals surface area contributed by atoms with E-state index in [2.05, 4.69) is 27.3 Å². The molecule has 5 rings (SSSR count). The first-order chi connectivity index (χ1) is 14.3. The second kappa shape index (κ2) is 7.67. The number of aromatic nitrogens is 2. The smallest absolute Gasteiger partial charge is 0.264 e. The number of hydrogen-bond acceptors (Lipinski definition) is 6. The Balaban J connectivity index is 1.31. The Labute approximate surface area is 172 Å². The highest BCUT2D eigenvalue weighted by molar-refractivity contribution is 7.22. The lowest BCUT2D eigenvalue weighted by atomic mass is 10.2. The van der Waals surface area contributed by atoms with Gasteiger partial charge in [-0.2, -0.15) is 0 Å². The van der Waals surface area contributed by atoms with E-state index in [9.17, 15) is 4.79 Å². The van der Waals surface area contributed by atoms with Crippen molar-refractivity contribution >= 4 is 49.3 Å². The molecule has 1 N–H and O–H groups in total. The van der Waals surface area contributed by atoms with E-state index >= 15 is 0 Å². The summed E-state index contributed by atoms with van der Waals surface area (Å²) in [5.41, 5.74) is 1.66. The number of nitrogens with zero attached hydrogens (tertiary/aromatic N) is 3. The number of anilines is 2. The molecule has 1 fully saturated rings. The molecule has 146 valence electrons. The molecule has 2 aromatic carbocycles. The zero-order chi connectivity index (χ0) is 19.6. The summed E-state index contributed by atoms with van der Waals surface area (Å²) in [4.78, 5) is 23.9. The SMILES string of the molecule is O=C(COc1cccc2ccc(N3CCCC3)nc12)Nc1nc2ccccc2s1. The number of para-hydroxylation sites is 2. The molecule has 0 aliphatic carbocycles. The summed E-state index contributed by atoms with van der Waals surface area (Å²) in [5, 5.41) is 4.39. The highest BCUT2D eigenvalue weighted by Gasteiger charge is 2.15. The van der Waals surface area contributed by atoms with Crippen LogP contribution in [-0.2, 0) is 4.79 Å². The Kier molecular flexibility index (Phi) is 4.73. The predicted molar refractivity (Wildman–Crippen MR) is 117 cm³/mol. The number of hydrogen-bond donors (Lipinski definition) is 1. The maximum Gasteiger partial charge on any atom is 0.264 e. The molecule has 0 saturated carbocycles. The second-order valence-corrected chi connectivity index (χ2v) is 8.05. The summed E-state index contributed by atoms with van der Waals surface area (Å²) in [5.74, 6) is 1.34. The van der Waals surface area contributed by atoms with Crippen molar-refractivity contribution < 1.29 is 9.53 Å². The van der Waals surface area contributed by atoms with Crippen molar-refractivity contribution in [3.05, 3.63) is 54.6 Å². The van der Waals surface area contributed by atoms with Gasteiger partial charge in [-0.25, -0.2) is 9.97 Å². The van der Waals surface area contributed by atoms with Crippen LogP contribution in [0.2, 0.25) is 0 Å². The van der Waals surface area contributed by atoms with Gasteiger partial charge < -0.3 is 9.64 Å². The standard InChI is InChI=1S/C22H20N4O2S/c27-20(25-22-23-16-7-1-2-9-18(16)29-22)14-28-17-8-5-6-15-10-11-19(24-21(15)17)26-12-3-4-13-26/h1-2,5-11H,3-4,12-14H2,(H,23,25,27). The third kappa shape index (κ3) is 3.73. The van der Waals surface area contributed by atoms with Gasteiger partial charge in [0.1, 0.15) is 17.1 Å². The summed E-state index contributed by atoms with van der Waals surface area (Å²) < 4.78 is 6.87. The fourth-order valence-electron chi connectivity index (χ4n) is 3.57. The third-order valence-corrected chi connectivity index (χ3v) is 5.95. The van der Waals surface area contributed by atoms with Crippen LogP contribution in [0, 0.1) is 0 Å². The maximum atomic E-state index is 12.4. The van der Waals surface area contributed by atoms with Crippen molar-refractivity contribution in [3.63, 3.8) is 0 Å². The minimum atomic E-state index is -0.239. The fraction of sp³-hybridized carbons (Fsp3) is 0.227. The molecule has 3 heterocycles. The molecule has 7 heteroatoms. The van der Waals surface area contributed by atoms with E-state index in [0.717, 1.165) is 40.0 Å². The van der Waals surface area contributed by atoms with Crippen molar-refractivity contribution in [2.24, 2.45) is 0 Å². The summed E-state index contributed by atoms with van der Waals surface area (Å²) in [6.07, 6.45) is 2.40. The van der Waals surface area contributed by atoms with Crippen LogP contribution in [0.5, 0.6) is 5.75 Å². The Morgan fingerprint density at radius 3 is 2.76 bits per heavy atom. The predicted octanol–water partition coefficient (Wildman–Crippen LogP) is 4.46. The molecule has 1 aliphatic heterocycles. The zero-order valence-corrected chi connectivity index (χ0v) is 16.6. The molecule has 2 aromatic heterocycles. The Morgan fingerprint density at radius 1 is 1.03 bits per heavy atom. The number of benzene rings is 2. The third-order valence-electron chi connectivity index (χ3n) is 5.00. The number of rotatable bonds is 5. The minimum Gasteiger partial charge on any atom is -0.481 e. The van der Waals surface area contributed by atoms with Gasteiger partial charge in [0.15, 0.2) is 11.7 Å². The number of fused-ring (bicyclic) bond motifs is 2. The van der Waals surface area contributed by atoms with E-state index in [0.29, 0.717) is 10.9 Å². The number of thiazole rings is 1. The van der Waals surface area contributed by atoms with Gasteiger partial charge in [-0.3, -0.25) is 10.1 Å². The van der Waals surface area contributed by atoms with Gasteiger partial charge in [0, 0.05) is 18.5 Å². The average Bonchev–Trinajstić information content (AvgIpc) is 3.41. The van der Waals surface area contributed by atoms with E-state index in [4.69, 9.17) is 9.72 Å². The molecule has 0 spiro atoms. The number of carbonyl (C=O) groups is 1. The van der Waals surface area contributed by atoms with Crippen molar-refractivity contribution in [1.82, 2.24) is 9.97 Å². The number of ether oxygens (including phenoxy) is 1. The van der Waals surface area contributed by atoms with Gasteiger partial charge in [-0.1, -0.05) is 35.6 Å². The lowest BCUT2D eigenvalue weighted by Gasteiger charge is -2.17. The van der Waals surface area contributed by atoms with Crippen LogP contribution in [0.4, 0.5) is 10.9 Å². The minimum absolute atomic E-state index is 0.0926. The summed E-state index contributed by atoms with van der Waals surface area (Å²) in [7, 11) is 0. The van der Waals surface area contributed by atoms with E-state index in [-0.39, 0.29) is 12.5 Å². The molecule has 1 amide bonds. The van der Waals surface area contributed by atoms with Crippen LogP contribution in [-0.4, -0.2) is 35.6 Å². The molecular weight excluding hydrogens is 384 g/mol. The molecular formula is C22H20N4O2S. The molecule has 0 radical (unpaired) electrons. The van der Waals surface area contributed by atoms with Crippen LogP contribution >= 0.6 is 11.3 Å². The number of amides is 1. The monoisotopic (exact) mass is 404 g/mol. The maximum absolute atomic E-state index is 12.4. The van der Waals surface area contributed by atoms with Crippen LogP contribution in [0.25, 0.3) is 21.1 Å². The Morgan fingerprint density at radius 2 is 1.90 bits per heavy atom. The van der Waals surface area contributed by atoms with Crippen LogP contribution < -0.4 is 15.0 Å². The number of pyridine rings is 1. The molecule has 0 bridgehead atoms. The van der Waals surface area contributed by atoms with Crippen LogP contribution in [0.3, 0.4) is 0 Å². The topological polar surface area (TPSA) is 67.3 Å². The highest BCUT2D eigenvalue weighted by Crippen LogP contribution is 2.28. The van der Waals surface area contributed by atoms with Gasteiger partial charge >= 0.3 is 0 Å². The zero-order valence-electron chi connectivity index (χ0n) is 15.8. The molecule has 6 nitrogen and oxygen atoms in total. The first-order valence-corrected chi connectivity index (χ1v) is 10.5. The van der Waals surface area contributed by atoms with E-state index in [1.165, 1.54) is 24.2 Å². The van der Waals surface area contributed by atoms with Crippen molar-refractivity contribution in [2.45, 2.75) is 12.8 Å². The number of carbonyl (C=O) groups excluding carboxylic acids is 1. The van der Waals surface area contributed by atoms with Crippen molar-refractivity contribution in [2.75, 3.05) is 29.9 Å². The fourth-order valence-corrected chi connectivity index (χ4v) is 4.45. The largest absolute Gasteiger partial charge is 0.481 e. The molecule has 0 unspecified atom stereocenters. The van der Waals surface area contributed by atoms with E-state index in [1.807, 2.05) is 42.5 Å². The van der Waals surface area contributed by atoms with Crippen LogP contribution in [0.15, 0.2) is 54.6 Å². The summed E-state index contributed by atoms with van der Waals surface area (Å²) >= 11 is 1.45. The first kappa shape index (κ1) is 17.9. The summed E-state index contributed by atoms with van der Waals surface area (Å²) in [6, 6.07) is 17.7. The number of nitrogens with one attached hydrogen (secondary N) is 1. The average molecular weight is 404 g/mol. The quantitative estimate of drug-likeness (QED) is 0.532. The van der Waals surface area contributed by atoms with Crippen LogP contribution in [0.1, 0.15) is 12.8 Å². The van der Waals surface area contributed by atoms with Crippen molar-refractivity contribution in [1.29, 1.82) is 0 Å². The van der Waals surface area contributed by atoms with E-state index in [1.54, 1.807) is 0 Å². The Bertz CT molecular complexity index is 1150. The molecule has 1 saturated heterocycles. The van der Waals surface area contributed by atoms with Gasteiger partial charge in [0.25, 0.3) is 5.91 Å².